The van der Waals surface area contributed by atoms with Crippen LogP contribution in [0.15, 0.2) is 91.0 Å². The molecule has 4 aromatic carbocycles. The van der Waals surface area contributed by atoms with Crippen molar-refractivity contribution in [2.75, 3.05) is 19.9 Å². The molecule has 1 saturated heterocycles. The quantitative estimate of drug-likeness (QED) is 0.0651. The first-order chi connectivity index (χ1) is 25.6. The Morgan fingerprint density at radius 3 is 1.89 bits per heavy atom. The van der Waals surface area contributed by atoms with Crippen LogP contribution in [-0.2, 0) is 15.9 Å². The molecule has 1 atom stereocenters. The summed E-state index contributed by atoms with van der Waals surface area (Å²) in [5.74, 6) is 0.415. The first-order valence-electron chi connectivity index (χ1n) is 16.8. The fourth-order valence-corrected chi connectivity index (χ4v) is 6.14. The number of benzene rings is 4. The number of aliphatic hydroxyl groups is 1. The standard InChI is InChI=1S/C40H34F6N2O6/c1-37(30-18-19-32-33(24-30)54-25-53-32)35(49)48(36(50)47-37)20-8-9-21-52-34-28(16-14-26-10-4-2-5-11-26)22-31(38(51,39(41,42)43)40(44,45)46)23-29(34)17-15-27-12-6-3-7-13-27/h2-7,10-19,22-24,51H,8-9,20-21,25H2,1H3,(H,47,50)/b16-14+,17-15+. The smallest absolute Gasteiger partial charge is 0.430 e. The molecule has 2 aliphatic heterocycles. The topological polar surface area (TPSA) is 97.3 Å². The molecule has 4 aromatic rings. The highest BCUT2D eigenvalue weighted by Gasteiger charge is 2.71. The Morgan fingerprint density at radius 1 is 0.778 bits per heavy atom. The number of unbranched alkanes of at least 4 members (excludes halogenated alkanes) is 1. The summed E-state index contributed by atoms with van der Waals surface area (Å²) in [7, 11) is 0. The van der Waals surface area contributed by atoms with Crippen LogP contribution in [0.2, 0.25) is 0 Å². The van der Waals surface area contributed by atoms with Crippen LogP contribution in [0.3, 0.4) is 0 Å². The zero-order chi connectivity index (χ0) is 38.7. The summed E-state index contributed by atoms with van der Waals surface area (Å²) in [5.41, 5.74) is -6.65. The molecular formula is C40H34F6N2O6. The van der Waals surface area contributed by atoms with Gasteiger partial charge in [0.15, 0.2) is 11.5 Å². The Kier molecular flexibility index (Phi) is 10.5. The molecule has 2 N–H and O–H groups in total. The van der Waals surface area contributed by atoms with E-state index < -0.39 is 41.0 Å². The SMILES string of the molecule is CC1(c2ccc3c(c2)OCO3)NC(=O)N(CCCCOc2c(/C=C/c3ccccc3)cc(C(O)(C(F)(F)F)C(F)(F)F)cc2/C=C/c2ccccc2)C1=O. The van der Waals surface area contributed by atoms with E-state index in [9.17, 15) is 41.0 Å². The van der Waals surface area contributed by atoms with Crippen molar-refractivity contribution in [1.82, 2.24) is 10.2 Å². The summed E-state index contributed by atoms with van der Waals surface area (Å²) in [6.07, 6.45) is -6.15. The Balaban J connectivity index is 1.27. The van der Waals surface area contributed by atoms with E-state index in [1.54, 1.807) is 85.8 Å². The number of carbonyl (C=O) groups excluding carboxylic acids is 2. The number of halogens is 6. The molecule has 0 bridgehead atoms. The van der Waals surface area contributed by atoms with Crippen molar-refractivity contribution >= 4 is 36.2 Å². The van der Waals surface area contributed by atoms with Crippen LogP contribution in [0.25, 0.3) is 24.3 Å². The van der Waals surface area contributed by atoms with Crippen LogP contribution in [-0.4, -0.2) is 54.2 Å². The molecular weight excluding hydrogens is 718 g/mol. The molecule has 0 aliphatic carbocycles. The number of imide groups is 1. The maximum absolute atomic E-state index is 14.1. The van der Waals surface area contributed by atoms with Gasteiger partial charge in [-0.05, 0) is 60.7 Å². The van der Waals surface area contributed by atoms with Crippen LogP contribution >= 0.6 is 0 Å². The van der Waals surface area contributed by atoms with Crippen molar-refractivity contribution in [3.8, 4) is 17.2 Å². The lowest BCUT2D eigenvalue weighted by molar-refractivity contribution is -0.376. The predicted molar refractivity (Wildman–Crippen MR) is 188 cm³/mol. The van der Waals surface area contributed by atoms with Gasteiger partial charge in [0.2, 0.25) is 6.79 Å². The lowest BCUT2D eigenvalue weighted by Gasteiger charge is -2.33. The molecule has 2 heterocycles. The molecule has 282 valence electrons. The van der Waals surface area contributed by atoms with E-state index in [1.807, 2.05) is 0 Å². The Labute approximate surface area is 306 Å². The summed E-state index contributed by atoms with van der Waals surface area (Å²) < 4.78 is 102. The van der Waals surface area contributed by atoms with Crippen molar-refractivity contribution in [2.45, 2.75) is 43.3 Å². The molecule has 3 amide bonds. The number of ether oxygens (including phenoxy) is 3. The van der Waals surface area contributed by atoms with E-state index in [-0.39, 0.29) is 49.7 Å². The van der Waals surface area contributed by atoms with Crippen molar-refractivity contribution in [3.05, 3.63) is 124 Å². The maximum atomic E-state index is 14.1. The van der Waals surface area contributed by atoms with Gasteiger partial charge in [0.25, 0.3) is 11.5 Å². The minimum atomic E-state index is -6.12. The number of hydrogen-bond donors (Lipinski definition) is 2. The van der Waals surface area contributed by atoms with Crippen LogP contribution in [0.1, 0.15) is 53.1 Å². The molecule has 1 fully saturated rings. The molecule has 54 heavy (non-hydrogen) atoms. The van der Waals surface area contributed by atoms with E-state index in [0.717, 1.165) is 4.90 Å². The van der Waals surface area contributed by atoms with Crippen molar-refractivity contribution in [2.24, 2.45) is 0 Å². The lowest BCUT2D eigenvalue weighted by Crippen LogP contribution is -2.54. The van der Waals surface area contributed by atoms with Crippen LogP contribution < -0.4 is 19.5 Å². The van der Waals surface area contributed by atoms with Gasteiger partial charge in [0.05, 0.1) is 6.61 Å². The number of fused-ring (bicyclic) bond motifs is 1. The summed E-state index contributed by atoms with van der Waals surface area (Å²) in [6.45, 7) is 1.51. The molecule has 6 rings (SSSR count). The van der Waals surface area contributed by atoms with Gasteiger partial charge in [-0.3, -0.25) is 9.69 Å². The molecule has 8 nitrogen and oxygen atoms in total. The van der Waals surface area contributed by atoms with Gasteiger partial charge in [0, 0.05) is 23.2 Å². The summed E-state index contributed by atoms with van der Waals surface area (Å²) in [4.78, 5) is 27.5. The van der Waals surface area contributed by atoms with Gasteiger partial charge in [-0.2, -0.15) is 26.3 Å². The van der Waals surface area contributed by atoms with Gasteiger partial charge < -0.3 is 24.6 Å². The second kappa shape index (κ2) is 14.9. The molecule has 1 unspecified atom stereocenters. The largest absolute Gasteiger partial charge is 0.492 e. The van der Waals surface area contributed by atoms with E-state index in [1.165, 1.54) is 24.3 Å². The number of rotatable bonds is 12. The fourth-order valence-electron chi connectivity index (χ4n) is 6.14. The van der Waals surface area contributed by atoms with Crippen LogP contribution in [0, 0.1) is 0 Å². The second-order valence-electron chi connectivity index (χ2n) is 12.8. The third kappa shape index (κ3) is 7.51. The Hall–Kier alpha value is -5.76. The highest BCUT2D eigenvalue weighted by atomic mass is 19.4. The normalized spacial score (nSPS) is 17.5. The number of nitrogens with one attached hydrogen (secondary N) is 1. The number of alkyl halides is 6. The lowest BCUT2D eigenvalue weighted by atomic mass is 9.88. The number of amides is 3. The van der Waals surface area contributed by atoms with Crippen molar-refractivity contribution < 1.29 is 55.2 Å². The zero-order valence-corrected chi connectivity index (χ0v) is 28.7. The summed E-state index contributed by atoms with van der Waals surface area (Å²) in [5, 5.41) is 13.1. The third-order valence-corrected chi connectivity index (χ3v) is 9.14. The molecule has 0 spiro atoms. The van der Waals surface area contributed by atoms with E-state index >= 15 is 0 Å². The van der Waals surface area contributed by atoms with Gasteiger partial charge in [0.1, 0.15) is 11.3 Å². The van der Waals surface area contributed by atoms with Crippen LogP contribution in [0.4, 0.5) is 31.1 Å². The Morgan fingerprint density at radius 2 is 1.33 bits per heavy atom. The maximum Gasteiger partial charge on any atom is 0.430 e. The Bertz CT molecular complexity index is 1980. The molecule has 2 aliphatic rings. The average molecular weight is 753 g/mol. The average Bonchev–Trinajstić information content (AvgIpc) is 3.70. The first kappa shape index (κ1) is 38.0. The van der Waals surface area contributed by atoms with E-state index in [4.69, 9.17) is 14.2 Å². The number of nitrogens with zero attached hydrogens (tertiary/aromatic N) is 1. The first-order valence-corrected chi connectivity index (χ1v) is 16.8. The molecule has 14 heteroatoms. The second-order valence-corrected chi connectivity index (χ2v) is 12.8. The molecule has 0 radical (unpaired) electrons. The van der Waals surface area contributed by atoms with E-state index in [0.29, 0.717) is 40.3 Å². The van der Waals surface area contributed by atoms with Gasteiger partial charge in [-0.1, -0.05) is 91.0 Å². The minimum absolute atomic E-state index is 0.00115. The summed E-state index contributed by atoms with van der Waals surface area (Å²) >= 11 is 0. The predicted octanol–water partition coefficient (Wildman–Crippen LogP) is 8.69. The van der Waals surface area contributed by atoms with Crippen LogP contribution in [0.5, 0.6) is 17.2 Å². The van der Waals surface area contributed by atoms with E-state index in [2.05, 4.69) is 5.32 Å². The number of hydrogen-bond acceptors (Lipinski definition) is 6. The molecule has 0 saturated carbocycles. The van der Waals surface area contributed by atoms with Crippen molar-refractivity contribution in [1.29, 1.82) is 0 Å². The third-order valence-electron chi connectivity index (χ3n) is 9.14. The summed E-state index contributed by atoms with van der Waals surface area (Å²) in [6, 6.07) is 22.6. The van der Waals surface area contributed by atoms with Gasteiger partial charge in [-0.15, -0.1) is 0 Å². The monoisotopic (exact) mass is 752 g/mol. The number of carbonyl (C=O) groups is 2. The highest BCUT2D eigenvalue weighted by molar-refractivity contribution is 6.07. The molecule has 0 aromatic heterocycles. The zero-order valence-electron chi connectivity index (χ0n) is 28.7. The number of urea groups is 1. The van der Waals surface area contributed by atoms with Gasteiger partial charge in [-0.25, -0.2) is 4.79 Å². The van der Waals surface area contributed by atoms with Crippen molar-refractivity contribution in [3.63, 3.8) is 0 Å². The van der Waals surface area contributed by atoms with Gasteiger partial charge >= 0.3 is 18.4 Å². The fraction of sp³-hybridized carbons (Fsp3) is 0.250. The minimum Gasteiger partial charge on any atom is -0.492 e. The highest BCUT2D eigenvalue weighted by Crippen LogP contribution is 2.51.